The average molecular weight is 249 g/mol. The van der Waals surface area contributed by atoms with Gasteiger partial charge >= 0.3 is 0 Å². The minimum absolute atomic E-state index is 0.0984. The van der Waals surface area contributed by atoms with Crippen LogP contribution in [0.3, 0.4) is 0 Å². The number of methoxy groups -OCH3 is 1. The van der Waals surface area contributed by atoms with Crippen LogP contribution in [0.1, 0.15) is 16.1 Å². The lowest BCUT2D eigenvalue weighted by Crippen LogP contribution is -2.26. The molecule has 18 heavy (non-hydrogen) atoms. The first-order valence-electron chi connectivity index (χ1n) is 5.63. The molecule has 0 aliphatic carbocycles. The van der Waals surface area contributed by atoms with Crippen LogP contribution in [-0.2, 0) is 0 Å². The Morgan fingerprint density at radius 2 is 2.28 bits per heavy atom. The molecule has 2 N–H and O–H groups in total. The minimum atomic E-state index is -0.322. The molecule has 0 radical (unpaired) electrons. The van der Waals surface area contributed by atoms with Crippen molar-refractivity contribution in [3.63, 3.8) is 0 Å². The summed E-state index contributed by atoms with van der Waals surface area (Å²) in [6.45, 7) is 1.93. The fourth-order valence-electron chi connectivity index (χ4n) is 1.79. The van der Waals surface area contributed by atoms with Gasteiger partial charge in [-0.3, -0.25) is 4.79 Å². The van der Waals surface area contributed by atoms with Gasteiger partial charge in [-0.25, -0.2) is 0 Å². The molecule has 0 unspecified atom stereocenters. The third kappa shape index (κ3) is 2.17. The van der Waals surface area contributed by atoms with E-state index in [1.165, 1.54) is 0 Å². The van der Waals surface area contributed by atoms with Crippen LogP contribution in [0.15, 0.2) is 22.6 Å². The molecule has 5 heteroatoms. The van der Waals surface area contributed by atoms with Gasteiger partial charge in [0.05, 0.1) is 13.7 Å². The van der Waals surface area contributed by atoms with Gasteiger partial charge in [-0.1, -0.05) is 0 Å². The number of aliphatic hydroxyl groups excluding tert-OH is 1. The van der Waals surface area contributed by atoms with E-state index in [0.29, 0.717) is 11.3 Å². The second-order valence-electron chi connectivity index (χ2n) is 3.90. The molecule has 0 atom stereocenters. The Labute approximate surface area is 104 Å². The predicted octanol–water partition coefficient (Wildman–Crippen LogP) is 1.47. The summed E-state index contributed by atoms with van der Waals surface area (Å²) in [4.78, 5) is 11.8. The Morgan fingerprint density at radius 1 is 1.50 bits per heavy atom. The second-order valence-corrected chi connectivity index (χ2v) is 3.90. The summed E-state index contributed by atoms with van der Waals surface area (Å²) in [5.41, 5.74) is 1.40. The van der Waals surface area contributed by atoms with E-state index in [2.05, 4.69) is 5.32 Å². The molecule has 96 valence electrons. The Morgan fingerprint density at radius 3 is 2.94 bits per heavy atom. The first-order valence-corrected chi connectivity index (χ1v) is 5.63. The van der Waals surface area contributed by atoms with Crippen molar-refractivity contribution in [2.24, 2.45) is 0 Å². The van der Waals surface area contributed by atoms with Gasteiger partial charge in [0.1, 0.15) is 11.3 Å². The van der Waals surface area contributed by atoms with Crippen molar-refractivity contribution in [1.82, 2.24) is 5.32 Å². The number of fused-ring (bicyclic) bond motifs is 1. The number of carbonyl (C=O) groups is 1. The van der Waals surface area contributed by atoms with Crippen LogP contribution in [0.5, 0.6) is 5.75 Å². The Hall–Kier alpha value is -2.01. The second kappa shape index (κ2) is 5.10. The number of nitrogens with one attached hydrogen (secondary N) is 1. The summed E-state index contributed by atoms with van der Waals surface area (Å²) in [5, 5.41) is 12.1. The number of carbonyl (C=O) groups excluding carboxylic acids is 1. The molecule has 5 nitrogen and oxygen atoms in total. The van der Waals surface area contributed by atoms with E-state index in [1.807, 2.05) is 13.0 Å². The standard InChI is InChI=1S/C13H15NO4/c1-8-10-7-9(17-2)3-4-11(10)18-12(8)13(16)14-5-6-15/h3-4,7,15H,5-6H2,1-2H3,(H,14,16). The third-order valence-corrected chi connectivity index (χ3v) is 2.75. The quantitative estimate of drug-likeness (QED) is 0.860. The maximum Gasteiger partial charge on any atom is 0.287 e. The highest BCUT2D eigenvalue weighted by molar-refractivity contribution is 5.99. The van der Waals surface area contributed by atoms with E-state index in [1.54, 1.807) is 19.2 Å². The van der Waals surface area contributed by atoms with Crippen LogP contribution >= 0.6 is 0 Å². The largest absolute Gasteiger partial charge is 0.497 e. The Bertz CT molecular complexity index is 574. The summed E-state index contributed by atoms with van der Waals surface area (Å²) in [6.07, 6.45) is 0. The zero-order chi connectivity index (χ0) is 13.1. The molecule has 1 aromatic heterocycles. The van der Waals surface area contributed by atoms with Crippen LogP contribution in [0.2, 0.25) is 0 Å². The zero-order valence-electron chi connectivity index (χ0n) is 10.3. The van der Waals surface area contributed by atoms with Gasteiger partial charge in [-0.15, -0.1) is 0 Å². The van der Waals surface area contributed by atoms with Crippen molar-refractivity contribution in [1.29, 1.82) is 0 Å². The lowest BCUT2D eigenvalue weighted by atomic mass is 10.1. The summed E-state index contributed by atoms with van der Waals surface area (Å²) in [6, 6.07) is 5.38. The summed E-state index contributed by atoms with van der Waals surface area (Å²) in [7, 11) is 1.59. The molecule has 0 aliphatic heterocycles. The first-order chi connectivity index (χ1) is 8.67. The van der Waals surface area contributed by atoms with Crippen molar-refractivity contribution in [3.05, 3.63) is 29.5 Å². The van der Waals surface area contributed by atoms with E-state index in [9.17, 15) is 4.79 Å². The van der Waals surface area contributed by atoms with Crippen LogP contribution in [0, 0.1) is 6.92 Å². The molecular weight excluding hydrogens is 234 g/mol. The molecule has 2 aromatic rings. The molecule has 0 aliphatic rings. The molecule has 1 aromatic carbocycles. The Balaban J connectivity index is 2.41. The SMILES string of the molecule is COc1ccc2oc(C(=O)NCCO)c(C)c2c1. The number of amides is 1. The summed E-state index contributed by atoms with van der Waals surface area (Å²) < 4.78 is 10.6. The molecular formula is C13H15NO4. The van der Waals surface area contributed by atoms with Gasteiger partial charge in [-0.05, 0) is 25.1 Å². The molecule has 0 fully saturated rings. The van der Waals surface area contributed by atoms with E-state index in [-0.39, 0.29) is 24.8 Å². The fourth-order valence-corrected chi connectivity index (χ4v) is 1.79. The van der Waals surface area contributed by atoms with Crippen LogP contribution in [-0.4, -0.2) is 31.3 Å². The lowest BCUT2D eigenvalue weighted by molar-refractivity contribution is 0.0918. The first kappa shape index (κ1) is 12.4. The zero-order valence-corrected chi connectivity index (χ0v) is 10.3. The van der Waals surface area contributed by atoms with Crippen LogP contribution in [0.4, 0.5) is 0 Å². The van der Waals surface area contributed by atoms with E-state index in [0.717, 1.165) is 10.9 Å². The number of hydrogen-bond donors (Lipinski definition) is 2. The van der Waals surface area contributed by atoms with Gasteiger partial charge < -0.3 is 19.6 Å². The van der Waals surface area contributed by atoms with E-state index in [4.69, 9.17) is 14.3 Å². The van der Waals surface area contributed by atoms with E-state index >= 15 is 0 Å². The van der Waals surface area contributed by atoms with Crippen LogP contribution in [0.25, 0.3) is 11.0 Å². The van der Waals surface area contributed by atoms with Crippen molar-refractivity contribution in [3.8, 4) is 5.75 Å². The van der Waals surface area contributed by atoms with Crippen molar-refractivity contribution in [2.45, 2.75) is 6.92 Å². The number of ether oxygens (including phenoxy) is 1. The van der Waals surface area contributed by atoms with Gasteiger partial charge in [0.25, 0.3) is 5.91 Å². The smallest absolute Gasteiger partial charge is 0.287 e. The molecule has 0 saturated heterocycles. The highest BCUT2D eigenvalue weighted by Crippen LogP contribution is 2.28. The van der Waals surface area contributed by atoms with Gasteiger partial charge in [-0.2, -0.15) is 0 Å². The highest BCUT2D eigenvalue weighted by atomic mass is 16.5. The molecule has 0 saturated carbocycles. The number of aliphatic hydroxyl groups is 1. The van der Waals surface area contributed by atoms with Crippen molar-refractivity contribution in [2.75, 3.05) is 20.3 Å². The number of rotatable bonds is 4. The summed E-state index contributed by atoms with van der Waals surface area (Å²) >= 11 is 0. The highest BCUT2D eigenvalue weighted by Gasteiger charge is 2.17. The maximum absolute atomic E-state index is 11.8. The van der Waals surface area contributed by atoms with Gasteiger partial charge in [0, 0.05) is 17.5 Å². The molecule has 1 amide bonds. The van der Waals surface area contributed by atoms with Gasteiger partial charge in [0.15, 0.2) is 5.76 Å². The van der Waals surface area contributed by atoms with Gasteiger partial charge in [0.2, 0.25) is 0 Å². The fraction of sp³-hybridized carbons (Fsp3) is 0.308. The average Bonchev–Trinajstić information content (AvgIpc) is 2.73. The van der Waals surface area contributed by atoms with Crippen molar-refractivity contribution < 1.29 is 19.1 Å². The Kier molecular flexibility index (Phi) is 3.53. The number of benzene rings is 1. The summed E-state index contributed by atoms with van der Waals surface area (Å²) in [5.74, 6) is 0.664. The molecule has 2 rings (SSSR count). The van der Waals surface area contributed by atoms with Crippen LogP contribution < -0.4 is 10.1 Å². The third-order valence-electron chi connectivity index (χ3n) is 2.75. The lowest BCUT2D eigenvalue weighted by Gasteiger charge is -2.00. The van der Waals surface area contributed by atoms with E-state index < -0.39 is 0 Å². The number of furan rings is 1. The van der Waals surface area contributed by atoms with Crippen molar-refractivity contribution >= 4 is 16.9 Å². The number of hydrogen-bond acceptors (Lipinski definition) is 4. The monoisotopic (exact) mass is 249 g/mol. The number of aryl methyl sites for hydroxylation is 1. The maximum atomic E-state index is 11.8. The molecule has 1 heterocycles. The minimum Gasteiger partial charge on any atom is -0.497 e. The predicted molar refractivity (Wildman–Crippen MR) is 66.9 cm³/mol. The normalized spacial score (nSPS) is 10.6. The topological polar surface area (TPSA) is 71.7 Å². The molecule has 0 spiro atoms. The molecule has 0 bridgehead atoms.